The van der Waals surface area contributed by atoms with Crippen molar-refractivity contribution < 1.29 is 8.42 Å². The molecule has 0 saturated heterocycles. The quantitative estimate of drug-likeness (QED) is 0.923. The minimum Gasteiger partial charge on any atom is -0.326 e. The predicted molar refractivity (Wildman–Crippen MR) is 83.6 cm³/mol. The largest absolute Gasteiger partial charge is 0.326 e. The lowest BCUT2D eigenvalue weighted by molar-refractivity contribution is 0.594. The molecule has 2 aromatic rings. The zero-order valence-corrected chi connectivity index (χ0v) is 13.2. The van der Waals surface area contributed by atoms with E-state index in [1.54, 1.807) is 18.5 Å². The summed E-state index contributed by atoms with van der Waals surface area (Å²) in [4.78, 5) is 1.16. The van der Waals surface area contributed by atoms with Crippen molar-refractivity contribution in [3.05, 3.63) is 46.2 Å². The molecule has 0 fully saturated rings. The molecule has 108 valence electrons. The molecule has 0 aliphatic rings. The summed E-state index contributed by atoms with van der Waals surface area (Å²) in [7, 11) is -1.95. The summed E-state index contributed by atoms with van der Waals surface area (Å²) in [6.45, 7) is 2.42. The van der Waals surface area contributed by atoms with Crippen LogP contribution in [0.15, 0.2) is 40.6 Å². The Labute approximate surface area is 123 Å². The number of thiophene rings is 1. The fourth-order valence-electron chi connectivity index (χ4n) is 1.84. The van der Waals surface area contributed by atoms with E-state index in [2.05, 4.69) is 6.92 Å². The van der Waals surface area contributed by atoms with Gasteiger partial charge in [0.25, 0.3) is 10.0 Å². The summed E-state index contributed by atoms with van der Waals surface area (Å²) in [6, 6.07) is 9.18. The van der Waals surface area contributed by atoms with Crippen LogP contribution in [0.1, 0.15) is 17.4 Å². The van der Waals surface area contributed by atoms with Gasteiger partial charge in [-0.2, -0.15) is 0 Å². The van der Waals surface area contributed by atoms with Gasteiger partial charge in [-0.25, -0.2) is 8.42 Å². The smallest absolute Gasteiger partial charge is 0.264 e. The summed E-state index contributed by atoms with van der Waals surface area (Å²) in [5, 5.41) is 1.63. The maximum absolute atomic E-state index is 12.5. The Morgan fingerprint density at radius 2 is 1.90 bits per heavy atom. The van der Waals surface area contributed by atoms with Gasteiger partial charge in [-0.15, -0.1) is 11.3 Å². The zero-order chi connectivity index (χ0) is 14.8. The van der Waals surface area contributed by atoms with E-state index in [0.29, 0.717) is 17.1 Å². The fourth-order valence-corrected chi connectivity index (χ4v) is 4.18. The van der Waals surface area contributed by atoms with Gasteiger partial charge in [0.1, 0.15) is 0 Å². The fraction of sp³-hybridized carbons (Fsp3) is 0.286. The van der Waals surface area contributed by atoms with Crippen molar-refractivity contribution in [2.45, 2.75) is 24.8 Å². The highest BCUT2D eigenvalue weighted by atomic mass is 32.2. The van der Waals surface area contributed by atoms with E-state index in [4.69, 9.17) is 5.73 Å². The first-order valence-electron chi connectivity index (χ1n) is 6.34. The van der Waals surface area contributed by atoms with Gasteiger partial charge in [-0.3, -0.25) is 4.31 Å². The van der Waals surface area contributed by atoms with Crippen LogP contribution in [0.3, 0.4) is 0 Å². The number of sulfonamides is 1. The molecule has 0 atom stereocenters. The van der Waals surface area contributed by atoms with Gasteiger partial charge in [0, 0.05) is 23.8 Å². The van der Waals surface area contributed by atoms with Crippen LogP contribution >= 0.6 is 11.3 Å². The second-order valence-electron chi connectivity index (χ2n) is 4.45. The molecule has 0 saturated carbocycles. The Morgan fingerprint density at radius 3 is 2.40 bits per heavy atom. The van der Waals surface area contributed by atoms with Gasteiger partial charge in [-0.05, 0) is 30.2 Å². The van der Waals surface area contributed by atoms with Crippen LogP contribution in [-0.4, -0.2) is 15.5 Å². The number of rotatable bonds is 5. The highest BCUT2D eigenvalue weighted by Gasteiger charge is 2.22. The summed E-state index contributed by atoms with van der Waals surface area (Å²) in [6.07, 6.45) is 0.932. The third-order valence-corrected chi connectivity index (χ3v) is 6.07. The normalized spacial score (nSPS) is 11.6. The maximum Gasteiger partial charge on any atom is 0.264 e. The van der Waals surface area contributed by atoms with Crippen LogP contribution in [-0.2, 0) is 23.0 Å². The molecule has 0 unspecified atom stereocenters. The highest BCUT2D eigenvalue weighted by Crippen LogP contribution is 2.25. The average molecular weight is 310 g/mol. The summed E-state index contributed by atoms with van der Waals surface area (Å²) >= 11 is 1.36. The lowest BCUT2D eigenvalue weighted by atomic mass is 10.1. The van der Waals surface area contributed by atoms with Gasteiger partial charge in [0.05, 0.1) is 10.6 Å². The van der Waals surface area contributed by atoms with E-state index in [0.717, 1.165) is 11.3 Å². The minimum absolute atomic E-state index is 0.296. The third kappa shape index (κ3) is 2.87. The highest BCUT2D eigenvalue weighted by molar-refractivity contribution is 7.93. The first-order valence-corrected chi connectivity index (χ1v) is 8.66. The topological polar surface area (TPSA) is 63.4 Å². The molecule has 0 aliphatic carbocycles. The molecule has 1 aromatic carbocycles. The lowest BCUT2D eigenvalue weighted by Gasteiger charge is -2.19. The van der Waals surface area contributed by atoms with Crippen molar-refractivity contribution in [3.63, 3.8) is 0 Å². The van der Waals surface area contributed by atoms with E-state index < -0.39 is 10.0 Å². The summed E-state index contributed by atoms with van der Waals surface area (Å²) < 4.78 is 26.3. The zero-order valence-electron chi connectivity index (χ0n) is 11.5. The van der Waals surface area contributed by atoms with Crippen molar-refractivity contribution >= 4 is 27.0 Å². The lowest BCUT2D eigenvalue weighted by Crippen LogP contribution is -2.26. The molecule has 2 rings (SSSR count). The maximum atomic E-state index is 12.5. The second-order valence-corrected chi connectivity index (χ2v) is 7.41. The van der Waals surface area contributed by atoms with Crippen molar-refractivity contribution in [1.82, 2.24) is 0 Å². The van der Waals surface area contributed by atoms with E-state index >= 15 is 0 Å². The minimum atomic E-state index is -3.51. The first kappa shape index (κ1) is 15.0. The Balaban J connectivity index is 2.32. The van der Waals surface area contributed by atoms with Gasteiger partial charge in [0.15, 0.2) is 0 Å². The van der Waals surface area contributed by atoms with Gasteiger partial charge < -0.3 is 5.73 Å². The number of anilines is 1. The molecule has 1 aromatic heterocycles. The van der Waals surface area contributed by atoms with Crippen LogP contribution in [0.5, 0.6) is 0 Å². The number of aryl methyl sites for hydroxylation is 1. The van der Waals surface area contributed by atoms with Crippen LogP contribution in [0.4, 0.5) is 5.69 Å². The van der Waals surface area contributed by atoms with E-state index in [1.165, 1.54) is 21.2 Å². The Morgan fingerprint density at radius 1 is 1.25 bits per heavy atom. The number of nitrogens with zero attached hydrogens (tertiary/aromatic N) is 1. The molecular formula is C14H18N2O2S2. The Bertz CT molecular complexity index is 675. The SMILES string of the molecule is CCc1ccc(N(C)S(=O)(=O)c2csc(CN)c2)cc1. The van der Waals surface area contributed by atoms with Crippen molar-refractivity contribution in [3.8, 4) is 0 Å². The van der Waals surface area contributed by atoms with Crippen molar-refractivity contribution in [2.75, 3.05) is 11.4 Å². The third-order valence-electron chi connectivity index (χ3n) is 3.20. The molecule has 6 heteroatoms. The molecule has 4 nitrogen and oxygen atoms in total. The molecule has 0 radical (unpaired) electrons. The van der Waals surface area contributed by atoms with E-state index in [-0.39, 0.29) is 0 Å². The number of benzene rings is 1. The molecule has 2 N–H and O–H groups in total. The van der Waals surface area contributed by atoms with Crippen LogP contribution in [0.25, 0.3) is 0 Å². The molecule has 0 amide bonds. The average Bonchev–Trinajstić information content (AvgIpc) is 2.96. The summed E-state index contributed by atoms with van der Waals surface area (Å²) in [5.41, 5.74) is 7.36. The van der Waals surface area contributed by atoms with Crippen molar-refractivity contribution in [2.24, 2.45) is 5.73 Å². The molecule has 20 heavy (non-hydrogen) atoms. The molecule has 0 spiro atoms. The van der Waals surface area contributed by atoms with Crippen LogP contribution in [0.2, 0.25) is 0 Å². The number of hydrogen-bond donors (Lipinski definition) is 1. The first-order chi connectivity index (χ1) is 9.48. The molecule has 0 bridgehead atoms. The molecule has 0 aliphatic heterocycles. The monoisotopic (exact) mass is 310 g/mol. The van der Waals surface area contributed by atoms with Gasteiger partial charge in [0.2, 0.25) is 0 Å². The molecular weight excluding hydrogens is 292 g/mol. The van der Waals surface area contributed by atoms with Gasteiger partial charge in [-0.1, -0.05) is 19.1 Å². The van der Waals surface area contributed by atoms with Crippen LogP contribution in [0, 0.1) is 0 Å². The van der Waals surface area contributed by atoms with E-state index in [1.807, 2.05) is 24.3 Å². The Kier molecular flexibility index (Phi) is 4.47. The molecule has 1 heterocycles. The van der Waals surface area contributed by atoms with Crippen LogP contribution < -0.4 is 10.0 Å². The second kappa shape index (κ2) is 5.95. The van der Waals surface area contributed by atoms with E-state index in [9.17, 15) is 8.42 Å². The van der Waals surface area contributed by atoms with Gasteiger partial charge >= 0.3 is 0 Å². The Hall–Kier alpha value is -1.37. The number of nitrogens with two attached hydrogens (primary N) is 1. The number of hydrogen-bond acceptors (Lipinski definition) is 4. The standard InChI is InChI=1S/C14H18N2O2S2/c1-3-11-4-6-12(7-5-11)16(2)20(17,18)14-8-13(9-15)19-10-14/h4-8,10H,3,9,15H2,1-2H3. The predicted octanol–water partition coefficient (Wildman–Crippen LogP) is 2.59. The van der Waals surface area contributed by atoms with Crippen molar-refractivity contribution in [1.29, 1.82) is 0 Å². The summed E-state index contributed by atoms with van der Waals surface area (Å²) in [5.74, 6) is 0.